The molecule has 0 bridgehead atoms. The zero-order valence-corrected chi connectivity index (χ0v) is 9.29. The molecule has 0 amide bonds. The van der Waals surface area contributed by atoms with Gasteiger partial charge in [-0.3, -0.25) is 0 Å². The summed E-state index contributed by atoms with van der Waals surface area (Å²) in [5, 5.41) is 0. The molecule has 0 aliphatic carbocycles. The van der Waals surface area contributed by atoms with Crippen molar-refractivity contribution in [1.29, 1.82) is 0 Å². The van der Waals surface area contributed by atoms with Gasteiger partial charge in [-0.15, -0.1) is 11.8 Å². The molecule has 1 aliphatic heterocycles. The van der Waals surface area contributed by atoms with Crippen LogP contribution in [0.2, 0.25) is 0 Å². The number of esters is 1. The predicted octanol–water partition coefficient (Wildman–Crippen LogP) is 2.65. The highest BCUT2D eigenvalue weighted by atomic mass is 32.2. The Labute approximate surface area is 93.3 Å². The summed E-state index contributed by atoms with van der Waals surface area (Å²) in [6.07, 6.45) is 1.82. The van der Waals surface area contributed by atoms with E-state index in [0.29, 0.717) is 5.75 Å². The second kappa shape index (κ2) is 4.53. The van der Waals surface area contributed by atoms with E-state index in [-0.39, 0.29) is 12.1 Å². The summed E-state index contributed by atoms with van der Waals surface area (Å²) in [4.78, 5) is 12.5. The van der Waals surface area contributed by atoms with Gasteiger partial charge in [0, 0.05) is 16.2 Å². The number of benzene rings is 1. The smallest absolute Gasteiger partial charge is 0.335 e. The minimum absolute atomic E-state index is 0.0659. The van der Waals surface area contributed by atoms with Crippen LogP contribution < -0.4 is 0 Å². The lowest BCUT2D eigenvalue weighted by atomic mass is 10.3. The molecule has 1 aromatic carbocycles. The molecule has 0 fully saturated rings. The molecule has 0 saturated carbocycles. The van der Waals surface area contributed by atoms with Crippen LogP contribution in [0.5, 0.6) is 0 Å². The molecule has 1 unspecified atom stereocenters. The minimum atomic E-state index is -0.175. The van der Waals surface area contributed by atoms with Gasteiger partial charge >= 0.3 is 5.97 Å². The van der Waals surface area contributed by atoms with E-state index < -0.39 is 0 Å². The van der Waals surface area contributed by atoms with E-state index in [2.05, 4.69) is 0 Å². The van der Waals surface area contributed by atoms with Crippen LogP contribution >= 0.6 is 11.8 Å². The summed E-state index contributed by atoms with van der Waals surface area (Å²) < 4.78 is 5.02. The van der Waals surface area contributed by atoms with E-state index in [1.165, 1.54) is 4.90 Å². The van der Waals surface area contributed by atoms with Crippen LogP contribution in [-0.4, -0.2) is 17.8 Å². The third kappa shape index (κ3) is 2.63. The van der Waals surface area contributed by atoms with Crippen LogP contribution in [0.4, 0.5) is 0 Å². The van der Waals surface area contributed by atoms with E-state index in [1.807, 2.05) is 43.3 Å². The average molecular weight is 220 g/mol. The molecule has 1 atom stereocenters. The Kier molecular flexibility index (Phi) is 3.11. The first-order valence-corrected chi connectivity index (χ1v) is 5.84. The fourth-order valence-corrected chi connectivity index (χ4v) is 2.30. The lowest BCUT2D eigenvalue weighted by Crippen LogP contribution is -2.04. The Balaban J connectivity index is 1.94. The van der Waals surface area contributed by atoms with Gasteiger partial charge in [0.2, 0.25) is 0 Å². The van der Waals surface area contributed by atoms with Gasteiger partial charge in [0.1, 0.15) is 6.10 Å². The highest BCUT2D eigenvalue weighted by Gasteiger charge is 2.21. The Morgan fingerprint density at radius 3 is 2.67 bits per heavy atom. The number of hydrogen-bond donors (Lipinski definition) is 0. The predicted molar refractivity (Wildman–Crippen MR) is 60.8 cm³/mol. The molecule has 1 heterocycles. The highest BCUT2D eigenvalue weighted by molar-refractivity contribution is 7.99. The lowest BCUT2D eigenvalue weighted by Gasteiger charge is -2.00. The van der Waals surface area contributed by atoms with E-state index in [9.17, 15) is 4.79 Å². The topological polar surface area (TPSA) is 26.3 Å². The third-order valence-corrected chi connectivity index (χ3v) is 3.19. The first-order valence-electron chi connectivity index (χ1n) is 4.85. The fourth-order valence-electron chi connectivity index (χ4n) is 1.41. The van der Waals surface area contributed by atoms with E-state index >= 15 is 0 Å². The Bertz CT molecular complexity index is 384. The standard InChI is InChI=1S/C12H12O2S/c1-9-7-10(12(13)14-9)8-15-11-5-3-2-4-6-11/h2-7,9H,8H2,1H3. The zero-order chi connectivity index (χ0) is 10.7. The number of thioether (sulfide) groups is 1. The Hall–Kier alpha value is -1.22. The van der Waals surface area contributed by atoms with Gasteiger partial charge in [-0.1, -0.05) is 18.2 Å². The Morgan fingerprint density at radius 1 is 1.33 bits per heavy atom. The third-order valence-electron chi connectivity index (χ3n) is 2.13. The number of cyclic esters (lactones) is 1. The van der Waals surface area contributed by atoms with Crippen LogP contribution in [0.3, 0.4) is 0 Å². The quantitative estimate of drug-likeness (QED) is 0.578. The van der Waals surface area contributed by atoms with Crippen LogP contribution in [-0.2, 0) is 9.53 Å². The summed E-state index contributed by atoms with van der Waals surface area (Å²) in [5.41, 5.74) is 0.774. The molecule has 0 N–H and O–H groups in total. The highest BCUT2D eigenvalue weighted by Crippen LogP contribution is 2.23. The molecular weight excluding hydrogens is 208 g/mol. The van der Waals surface area contributed by atoms with Crippen LogP contribution in [0.15, 0.2) is 46.9 Å². The largest absolute Gasteiger partial charge is 0.455 e. The van der Waals surface area contributed by atoms with Gasteiger partial charge in [-0.25, -0.2) is 4.79 Å². The number of hydrogen-bond acceptors (Lipinski definition) is 3. The lowest BCUT2D eigenvalue weighted by molar-refractivity contribution is -0.138. The number of ether oxygens (including phenoxy) is 1. The molecule has 0 spiro atoms. The number of rotatable bonds is 3. The number of carbonyl (C=O) groups excluding carboxylic acids is 1. The summed E-state index contributed by atoms with van der Waals surface area (Å²) in [6.45, 7) is 1.87. The normalized spacial score (nSPS) is 19.9. The van der Waals surface area contributed by atoms with E-state index in [0.717, 1.165) is 5.57 Å². The van der Waals surface area contributed by atoms with Crippen LogP contribution in [0.1, 0.15) is 6.92 Å². The van der Waals surface area contributed by atoms with Crippen LogP contribution in [0.25, 0.3) is 0 Å². The molecule has 1 aromatic rings. The molecule has 3 heteroatoms. The van der Waals surface area contributed by atoms with Gasteiger partial charge in [0.25, 0.3) is 0 Å². The molecule has 1 aliphatic rings. The summed E-state index contributed by atoms with van der Waals surface area (Å²) in [5.74, 6) is 0.513. The Morgan fingerprint density at radius 2 is 2.07 bits per heavy atom. The molecule has 2 rings (SSSR count). The van der Waals surface area contributed by atoms with Crippen molar-refractivity contribution >= 4 is 17.7 Å². The second-order valence-corrected chi connectivity index (χ2v) is 4.45. The molecular formula is C12H12O2S. The van der Waals surface area contributed by atoms with Gasteiger partial charge in [0.15, 0.2) is 0 Å². The van der Waals surface area contributed by atoms with Crippen molar-refractivity contribution < 1.29 is 9.53 Å². The molecule has 15 heavy (non-hydrogen) atoms. The molecule has 2 nitrogen and oxygen atoms in total. The van der Waals surface area contributed by atoms with Crippen molar-refractivity contribution in [3.05, 3.63) is 42.0 Å². The summed E-state index contributed by atoms with van der Waals surface area (Å²) in [6, 6.07) is 10.0. The van der Waals surface area contributed by atoms with Gasteiger partial charge in [-0.2, -0.15) is 0 Å². The molecule has 0 saturated heterocycles. The van der Waals surface area contributed by atoms with E-state index in [1.54, 1.807) is 11.8 Å². The molecule has 78 valence electrons. The maximum Gasteiger partial charge on any atom is 0.335 e. The SMILES string of the molecule is CC1C=C(CSc2ccccc2)C(=O)O1. The first kappa shape index (κ1) is 10.3. The molecule has 0 radical (unpaired) electrons. The van der Waals surface area contributed by atoms with Crippen molar-refractivity contribution in [2.75, 3.05) is 5.75 Å². The maximum atomic E-state index is 11.3. The second-order valence-electron chi connectivity index (χ2n) is 3.40. The fraction of sp³-hybridized carbons (Fsp3) is 0.250. The summed E-state index contributed by atoms with van der Waals surface area (Å²) in [7, 11) is 0. The maximum absolute atomic E-state index is 11.3. The number of carbonyl (C=O) groups is 1. The van der Waals surface area contributed by atoms with Gasteiger partial charge < -0.3 is 4.74 Å². The summed E-state index contributed by atoms with van der Waals surface area (Å²) >= 11 is 1.65. The van der Waals surface area contributed by atoms with Gasteiger partial charge in [-0.05, 0) is 25.1 Å². The molecule has 0 aromatic heterocycles. The minimum Gasteiger partial charge on any atom is -0.455 e. The van der Waals surface area contributed by atoms with Crippen molar-refractivity contribution in [1.82, 2.24) is 0 Å². The van der Waals surface area contributed by atoms with Crippen LogP contribution in [0, 0.1) is 0 Å². The average Bonchev–Trinajstić information content (AvgIpc) is 2.56. The zero-order valence-electron chi connectivity index (χ0n) is 8.47. The van der Waals surface area contributed by atoms with Crippen molar-refractivity contribution in [3.63, 3.8) is 0 Å². The van der Waals surface area contributed by atoms with Crippen molar-refractivity contribution in [3.8, 4) is 0 Å². The first-order chi connectivity index (χ1) is 7.25. The van der Waals surface area contributed by atoms with Gasteiger partial charge in [0.05, 0.1) is 0 Å². The van der Waals surface area contributed by atoms with Crippen molar-refractivity contribution in [2.24, 2.45) is 0 Å². The van der Waals surface area contributed by atoms with Crippen molar-refractivity contribution in [2.45, 2.75) is 17.9 Å². The van der Waals surface area contributed by atoms with E-state index in [4.69, 9.17) is 4.74 Å². The monoisotopic (exact) mass is 220 g/mol.